The van der Waals surface area contributed by atoms with Crippen molar-refractivity contribution in [3.63, 3.8) is 0 Å². The van der Waals surface area contributed by atoms with Crippen LogP contribution in [0, 0.1) is 6.57 Å². The van der Waals surface area contributed by atoms with Gasteiger partial charge in [0.05, 0.1) is 17.9 Å². The summed E-state index contributed by atoms with van der Waals surface area (Å²) in [6, 6.07) is 52.4. The molecule has 9 aromatic rings. The molecule has 0 atom stereocenters. The van der Waals surface area contributed by atoms with Gasteiger partial charge in [-0.15, -0.1) is 0 Å². The first-order valence-electron chi connectivity index (χ1n) is 18.7. The Morgan fingerprint density at radius 3 is 1.85 bits per heavy atom. The number of benzene rings is 8. The molecule has 0 bridgehead atoms. The van der Waals surface area contributed by atoms with Crippen molar-refractivity contribution in [2.45, 2.75) is 38.5 Å². The number of hydrogen-bond donors (Lipinski definition) is 0. The van der Waals surface area contributed by atoms with Crippen molar-refractivity contribution in [2.24, 2.45) is 0 Å². The van der Waals surface area contributed by atoms with Crippen LogP contribution in [0.2, 0.25) is 0 Å². The van der Waals surface area contributed by atoms with Gasteiger partial charge in [0.15, 0.2) is 11.3 Å². The molecule has 2 aliphatic carbocycles. The van der Waals surface area contributed by atoms with Crippen molar-refractivity contribution < 1.29 is 4.42 Å². The maximum absolute atomic E-state index is 7.67. The number of furan rings is 1. The third kappa shape index (κ3) is 4.00. The van der Waals surface area contributed by atoms with Crippen LogP contribution in [0.15, 0.2) is 150 Å². The summed E-state index contributed by atoms with van der Waals surface area (Å²) in [7, 11) is 0. The van der Waals surface area contributed by atoms with E-state index >= 15 is 0 Å². The van der Waals surface area contributed by atoms with Crippen LogP contribution in [-0.4, -0.2) is 0 Å². The molecule has 0 aliphatic heterocycles. The predicted molar refractivity (Wildman–Crippen MR) is 225 cm³/mol. The normalized spacial score (nSPS) is 14.6. The fraction of sp³-hybridized carbons (Fsp3) is 0.118. The zero-order valence-corrected chi connectivity index (χ0v) is 30.7. The Labute approximate surface area is 314 Å². The highest BCUT2D eigenvalue weighted by Gasteiger charge is 2.43. The molecule has 0 radical (unpaired) electrons. The quantitative estimate of drug-likeness (QED) is 0.172. The fourth-order valence-electron chi connectivity index (χ4n) is 9.74. The smallest absolute Gasteiger partial charge is 0.187 e. The number of nitrogens with zero attached hydrogens (tertiary/aromatic N) is 2. The Morgan fingerprint density at radius 2 is 1.11 bits per heavy atom. The summed E-state index contributed by atoms with van der Waals surface area (Å²) >= 11 is 0. The van der Waals surface area contributed by atoms with Gasteiger partial charge in [-0.3, -0.25) is 0 Å². The van der Waals surface area contributed by atoms with Gasteiger partial charge in [0, 0.05) is 32.7 Å². The second kappa shape index (κ2) is 10.7. The SMILES string of the molecule is [C-]#[N+]c1ccc(N(c2cc3c(c4ccccc24)-c2cc4c(cc2C3(C)C)-c2c(ccc3ccccc23)C4(C)C)c2cccc3c2oc2ccccc23)cc1. The minimum absolute atomic E-state index is 0.133. The molecule has 8 aromatic carbocycles. The van der Waals surface area contributed by atoms with E-state index in [4.69, 9.17) is 11.0 Å². The van der Waals surface area contributed by atoms with Crippen LogP contribution < -0.4 is 4.90 Å². The van der Waals surface area contributed by atoms with E-state index in [-0.39, 0.29) is 10.8 Å². The summed E-state index contributed by atoms with van der Waals surface area (Å²) in [6.45, 7) is 17.2. The average Bonchev–Trinajstić information content (AvgIpc) is 3.77. The number of fused-ring (bicyclic) bond motifs is 13. The van der Waals surface area contributed by atoms with Gasteiger partial charge in [0.2, 0.25) is 0 Å². The molecule has 0 N–H and O–H groups in total. The summed E-state index contributed by atoms with van der Waals surface area (Å²) in [5.74, 6) is 0. The van der Waals surface area contributed by atoms with Crippen LogP contribution in [0.4, 0.5) is 22.7 Å². The average molecular weight is 693 g/mol. The van der Waals surface area contributed by atoms with E-state index in [0.29, 0.717) is 5.69 Å². The highest BCUT2D eigenvalue weighted by atomic mass is 16.3. The van der Waals surface area contributed by atoms with Gasteiger partial charge in [-0.25, -0.2) is 4.85 Å². The second-order valence-electron chi connectivity index (χ2n) is 16.0. The van der Waals surface area contributed by atoms with Crippen LogP contribution in [0.3, 0.4) is 0 Å². The highest BCUT2D eigenvalue weighted by molar-refractivity contribution is 6.14. The molecule has 0 saturated carbocycles. The largest absolute Gasteiger partial charge is 0.454 e. The Kier molecular flexibility index (Phi) is 6.14. The standard InChI is InChI=1S/C51H36N2O/c1-50(2)40-26-21-30-13-6-7-14-33(30)47(40)38-27-42-39(28-41(38)50)48-36-17-9-8-15-34(36)45(29-43(48)51(42,3)4)53(32-24-22-31(52-5)23-25-32)44-19-12-18-37-35-16-10-11-20-46(35)54-49(37)44/h6-29H,1-4H3. The maximum atomic E-state index is 7.67. The third-order valence-corrected chi connectivity index (χ3v) is 12.4. The van der Waals surface area contributed by atoms with E-state index in [2.05, 4.69) is 159 Å². The molecule has 0 amide bonds. The Hall–Kier alpha value is -6.63. The van der Waals surface area contributed by atoms with E-state index in [1.807, 2.05) is 24.3 Å². The Morgan fingerprint density at radius 1 is 0.500 bits per heavy atom. The van der Waals surface area contributed by atoms with Crippen molar-refractivity contribution in [1.82, 2.24) is 0 Å². The molecule has 1 heterocycles. The minimum Gasteiger partial charge on any atom is -0.454 e. The molecule has 256 valence electrons. The van der Waals surface area contributed by atoms with E-state index in [1.165, 1.54) is 60.7 Å². The van der Waals surface area contributed by atoms with Crippen molar-refractivity contribution in [2.75, 3.05) is 4.90 Å². The maximum Gasteiger partial charge on any atom is 0.187 e. The van der Waals surface area contributed by atoms with E-state index in [9.17, 15) is 0 Å². The van der Waals surface area contributed by atoms with Crippen LogP contribution >= 0.6 is 0 Å². The van der Waals surface area contributed by atoms with Gasteiger partial charge >= 0.3 is 0 Å². The van der Waals surface area contributed by atoms with E-state index in [1.54, 1.807) is 0 Å². The number of hydrogen-bond acceptors (Lipinski definition) is 2. The van der Waals surface area contributed by atoms with Crippen LogP contribution in [-0.2, 0) is 10.8 Å². The zero-order valence-electron chi connectivity index (χ0n) is 30.7. The number of anilines is 3. The first-order chi connectivity index (χ1) is 26.3. The Bertz CT molecular complexity index is 3120. The molecular formula is C51H36N2O. The molecule has 0 fully saturated rings. The highest BCUT2D eigenvalue weighted by Crippen LogP contribution is 2.60. The molecule has 0 spiro atoms. The lowest BCUT2D eigenvalue weighted by Gasteiger charge is -2.30. The van der Waals surface area contributed by atoms with Gasteiger partial charge < -0.3 is 9.32 Å². The predicted octanol–water partition coefficient (Wildman–Crippen LogP) is 14.5. The van der Waals surface area contributed by atoms with Crippen LogP contribution in [0.1, 0.15) is 49.9 Å². The lowest BCUT2D eigenvalue weighted by molar-refractivity contribution is 0.652. The molecule has 0 unspecified atom stereocenters. The fourth-order valence-corrected chi connectivity index (χ4v) is 9.74. The van der Waals surface area contributed by atoms with Crippen LogP contribution in [0.5, 0.6) is 0 Å². The summed E-state index contributed by atoms with van der Waals surface area (Å²) in [4.78, 5) is 6.05. The van der Waals surface area contributed by atoms with Crippen molar-refractivity contribution in [3.8, 4) is 22.3 Å². The Balaban J connectivity index is 1.20. The molecule has 54 heavy (non-hydrogen) atoms. The minimum atomic E-state index is -0.277. The van der Waals surface area contributed by atoms with Crippen molar-refractivity contribution >= 4 is 66.2 Å². The first-order valence-corrected chi connectivity index (χ1v) is 18.7. The van der Waals surface area contributed by atoms with E-state index < -0.39 is 0 Å². The summed E-state index contributed by atoms with van der Waals surface area (Å²) in [6.07, 6.45) is 0. The number of rotatable bonds is 3. The zero-order chi connectivity index (χ0) is 36.5. The summed E-state index contributed by atoms with van der Waals surface area (Å²) in [5.41, 5.74) is 15.8. The molecular weight excluding hydrogens is 657 g/mol. The van der Waals surface area contributed by atoms with Gasteiger partial charge in [-0.05, 0) is 103 Å². The molecule has 3 nitrogen and oxygen atoms in total. The van der Waals surface area contributed by atoms with E-state index in [0.717, 1.165) is 44.4 Å². The lowest BCUT2D eigenvalue weighted by Crippen LogP contribution is -2.18. The summed E-state index contributed by atoms with van der Waals surface area (Å²) in [5, 5.41) is 7.17. The third-order valence-electron chi connectivity index (χ3n) is 12.4. The van der Waals surface area contributed by atoms with Crippen molar-refractivity contribution in [1.29, 1.82) is 0 Å². The monoisotopic (exact) mass is 692 g/mol. The molecule has 0 saturated heterocycles. The van der Waals surface area contributed by atoms with Crippen molar-refractivity contribution in [3.05, 3.63) is 179 Å². The summed E-state index contributed by atoms with van der Waals surface area (Å²) < 4.78 is 6.68. The number of para-hydroxylation sites is 2. The second-order valence-corrected chi connectivity index (χ2v) is 16.0. The van der Waals surface area contributed by atoms with Gasteiger partial charge in [0.1, 0.15) is 5.58 Å². The molecule has 3 heteroatoms. The van der Waals surface area contributed by atoms with Gasteiger partial charge in [-0.2, -0.15) is 0 Å². The molecule has 1 aromatic heterocycles. The van der Waals surface area contributed by atoms with Gasteiger partial charge in [-0.1, -0.05) is 131 Å². The topological polar surface area (TPSA) is 20.7 Å². The first kappa shape index (κ1) is 30.9. The molecule has 2 aliphatic rings. The molecule has 11 rings (SSSR count). The lowest BCUT2D eigenvalue weighted by atomic mass is 9.79. The van der Waals surface area contributed by atoms with Crippen LogP contribution in [0.25, 0.3) is 70.6 Å². The van der Waals surface area contributed by atoms with Gasteiger partial charge in [0.25, 0.3) is 0 Å².